The van der Waals surface area contributed by atoms with Gasteiger partial charge in [-0.1, -0.05) is 12.1 Å². The van der Waals surface area contributed by atoms with Crippen molar-refractivity contribution in [3.8, 4) is 0 Å². The SMILES string of the molecule is CC1(CNCc2cccc(F)c2N)CCCO1. The van der Waals surface area contributed by atoms with Gasteiger partial charge in [0.15, 0.2) is 0 Å². The first kappa shape index (κ1) is 12.3. The highest BCUT2D eigenvalue weighted by Crippen LogP contribution is 2.24. The number of nitrogen functional groups attached to an aromatic ring is 1. The van der Waals surface area contributed by atoms with Crippen molar-refractivity contribution in [3.05, 3.63) is 29.6 Å². The van der Waals surface area contributed by atoms with Gasteiger partial charge in [0.05, 0.1) is 11.3 Å². The van der Waals surface area contributed by atoms with Crippen LogP contribution in [0.4, 0.5) is 10.1 Å². The molecule has 4 heteroatoms. The van der Waals surface area contributed by atoms with Crippen LogP contribution < -0.4 is 11.1 Å². The minimum absolute atomic E-state index is 0.0813. The van der Waals surface area contributed by atoms with Gasteiger partial charge in [-0.15, -0.1) is 0 Å². The van der Waals surface area contributed by atoms with Crippen molar-refractivity contribution in [2.24, 2.45) is 0 Å². The van der Waals surface area contributed by atoms with Crippen LogP contribution in [0.25, 0.3) is 0 Å². The number of hydrogen-bond donors (Lipinski definition) is 2. The Kier molecular flexibility index (Phi) is 3.64. The van der Waals surface area contributed by atoms with Crippen LogP contribution in [0.1, 0.15) is 25.3 Å². The number of para-hydroxylation sites is 1. The zero-order valence-corrected chi connectivity index (χ0v) is 10.1. The first-order valence-corrected chi connectivity index (χ1v) is 5.98. The topological polar surface area (TPSA) is 47.3 Å². The fourth-order valence-electron chi connectivity index (χ4n) is 2.17. The third kappa shape index (κ3) is 2.96. The van der Waals surface area contributed by atoms with Crippen molar-refractivity contribution >= 4 is 5.69 Å². The van der Waals surface area contributed by atoms with Crippen LogP contribution in [0.15, 0.2) is 18.2 Å². The molecule has 0 amide bonds. The molecule has 1 fully saturated rings. The van der Waals surface area contributed by atoms with Crippen LogP contribution >= 0.6 is 0 Å². The highest BCUT2D eigenvalue weighted by Gasteiger charge is 2.28. The number of halogens is 1. The van der Waals surface area contributed by atoms with Crippen LogP contribution in [-0.4, -0.2) is 18.8 Å². The Balaban J connectivity index is 1.88. The molecule has 0 aromatic heterocycles. The van der Waals surface area contributed by atoms with E-state index in [1.807, 2.05) is 6.07 Å². The Morgan fingerprint density at radius 2 is 2.35 bits per heavy atom. The number of anilines is 1. The van der Waals surface area contributed by atoms with Crippen molar-refractivity contribution < 1.29 is 9.13 Å². The molecule has 1 aliphatic heterocycles. The molecule has 1 atom stereocenters. The summed E-state index contributed by atoms with van der Waals surface area (Å²) in [5, 5.41) is 3.28. The van der Waals surface area contributed by atoms with Crippen molar-refractivity contribution in [2.45, 2.75) is 31.9 Å². The molecule has 3 nitrogen and oxygen atoms in total. The molecule has 94 valence electrons. The Morgan fingerprint density at radius 1 is 1.53 bits per heavy atom. The predicted octanol–water partition coefficient (Wildman–Crippen LogP) is 2.07. The third-order valence-electron chi connectivity index (χ3n) is 3.26. The first-order valence-electron chi connectivity index (χ1n) is 5.98. The molecule has 1 unspecified atom stereocenters. The molecule has 1 aliphatic rings. The average molecular weight is 238 g/mol. The lowest BCUT2D eigenvalue weighted by Crippen LogP contribution is -2.36. The number of ether oxygens (including phenoxy) is 1. The lowest BCUT2D eigenvalue weighted by atomic mass is 10.0. The molecule has 0 bridgehead atoms. The molecular weight excluding hydrogens is 219 g/mol. The molecule has 2 rings (SSSR count). The standard InChI is InChI=1S/C13H19FN2O/c1-13(6-3-7-17-13)9-16-8-10-4-2-5-11(14)12(10)15/h2,4-5,16H,3,6-9,15H2,1H3. The van der Waals surface area contributed by atoms with Crippen molar-refractivity contribution in [2.75, 3.05) is 18.9 Å². The quantitative estimate of drug-likeness (QED) is 0.789. The van der Waals surface area contributed by atoms with E-state index < -0.39 is 0 Å². The van der Waals surface area contributed by atoms with Crippen LogP contribution in [0, 0.1) is 5.82 Å². The minimum Gasteiger partial charge on any atom is -0.396 e. The van der Waals surface area contributed by atoms with E-state index in [0.717, 1.165) is 31.6 Å². The van der Waals surface area contributed by atoms with Crippen molar-refractivity contribution in [1.82, 2.24) is 5.32 Å². The summed E-state index contributed by atoms with van der Waals surface area (Å²) < 4.78 is 18.9. The Hall–Kier alpha value is -1.13. The summed E-state index contributed by atoms with van der Waals surface area (Å²) in [6.07, 6.45) is 2.18. The van der Waals surface area contributed by atoms with Gasteiger partial charge in [0.1, 0.15) is 5.82 Å². The van der Waals surface area contributed by atoms with Gasteiger partial charge in [-0.2, -0.15) is 0 Å². The summed E-state index contributed by atoms with van der Waals surface area (Å²) in [6.45, 7) is 4.27. The van der Waals surface area contributed by atoms with Crippen LogP contribution in [0.2, 0.25) is 0 Å². The predicted molar refractivity (Wildman–Crippen MR) is 66.1 cm³/mol. The Morgan fingerprint density at radius 3 is 3.06 bits per heavy atom. The number of nitrogens with one attached hydrogen (secondary N) is 1. The van der Waals surface area contributed by atoms with Crippen LogP contribution in [0.5, 0.6) is 0 Å². The molecule has 3 N–H and O–H groups in total. The lowest BCUT2D eigenvalue weighted by molar-refractivity contribution is 0.0207. The fourth-order valence-corrected chi connectivity index (χ4v) is 2.17. The molecule has 0 spiro atoms. The fraction of sp³-hybridized carbons (Fsp3) is 0.538. The minimum atomic E-state index is -0.354. The van der Waals surface area contributed by atoms with E-state index in [1.165, 1.54) is 6.07 Å². The number of rotatable bonds is 4. The van der Waals surface area contributed by atoms with Gasteiger partial charge in [-0.25, -0.2) is 4.39 Å². The largest absolute Gasteiger partial charge is 0.396 e. The Bertz CT molecular complexity index is 389. The maximum absolute atomic E-state index is 13.2. The average Bonchev–Trinajstić information content (AvgIpc) is 2.72. The number of benzene rings is 1. The molecule has 1 aromatic carbocycles. The summed E-state index contributed by atoms with van der Waals surface area (Å²) in [5.74, 6) is -0.354. The molecular formula is C13H19FN2O. The third-order valence-corrected chi connectivity index (χ3v) is 3.26. The van der Waals surface area contributed by atoms with Gasteiger partial charge >= 0.3 is 0 Å². The van der Waals surface area contributed by atoms with E-state index >= 15 is 0 Å². The van der Waals surface area contributed by atoms with Gasteiger partial charge in [0.2, 0.25) is 0 Å². The van der Waals surface area contributed by atoms with Crippen LogP contribution in [0.3, 0.4) is 0 Å². The van der Waals surface area contributed by atoms with E-state index in [-0.39, 0.29) is 17.1 Å². The maximum atomic E-state index is 13.2. The lowest BCUT2D eigenvalue weighted by Gasteiger charge is -2.23. The molecule has 1 saturated heterocycles. The van der Waals surface area contributed by atoms with Gasteiger partial charge in [-0.05, 0) is 31.4 Å². The normalized spacial score (nSPS) is 24.1. The second kappa shape index (κ2) is 5.02. The summed E-state index contributed by atoms with van der Waals surface area (Å²) in [4.78, 5) is 0. The summed E-state index contributed by atoms with van der Waals surface area (Å²) in [6, 6.07) is 4.89. The highest BCUT2D eigenvalue weighted by molar-refractivity contribution is 5.47. The molecule has 1 heterocycles. The second-order valence-corrected chi connectivity index (χ2v) is 4.82. The van der Waals surface area contributed by atoms with Gasteiger partial charge in [0.25, 0.3) is 0 Å². The first-order chi connectivity index (χ1) is 8.11. The second-order valence-electron chi connectivity index (χ2n) is 4.82. The molecule has 0 radical (unpaired) electrons. The van der Waals surface area contributed by atoms with E-state index in [4.69, 9.17) is 10.5 Å². The molecule has 1 aromatic rings. The van der Waals surface area contributed by atoms with Gasteiger partial charge in [0, 0.05) is 19.7 Å². The van der Waals surface area contributed by atoms with Crippen molar-refractivity contribution in [1.29, 1.82) is 0 Å². The van der Waals surface area contributed by atoms with Gasteiger partial charge < -0.3 is 15.8 Å². The molecule has 0 saturated carbocycles. The highest BCUT2D eigenvalue weighted by atomic mass is 19.1. The van der Waals surface area contributed by atoms with Crippen LogP contribution in [-0.2, 0) is 11.3 Å². The van der Waals surface area contributed by atoms with E-state index in [2.05, 4.69) is 12.2 Å². The molecule has 17 heavy (non-hydrogen) atoms. The van der Waals surface area contributed by atoms with E-state index in [1.54, 1.807) is 6.07 Å². The smallest absolute Gasteiger partial charge is 0.146 e. The Labute approximate surface area is 101 Å². The van der Waals surface area contributed by atoms with E-state index in [0.29, 0.717) is 6.54 Å². The van der Waals surface area contributed by atoms with Crippen molar-refractivity contribution in [3.63, 3.8) is 0 Å². The number of hydrogen-bond acceptors (Lipinski definition) is 3. The summed E-state index contributed by atoms with van der Waals surface area (Å²) >= 11 is 0. The summed E-state index contributed by atoms with van der Waals surface area (Å²) in [7, 11) is 0. The summed E-state index contributed by atoms with van der Waals surface area (Å²) in [5.41, 5.74) is 6.61. The number of nitrogens with two attached hydrogens (primary N) is 1. The zero-order chi connectivity index (χ0) is 12.3. The van der Waals surface area contributed by atoms with E-state index in [9.17, 15) is 4.39 Å². The molecule has 0 aliphatic carbocycles. The maximum Gasteiger partial charge on any atom is 0.146 e. The monoisotopic (exact) mass is 238 g/mol. The van der Waals surface area contributed by atoms with Gasteiger partial charge in [-0.3, -0.25) is 0 Å². The zero-order valence-electron chi connectivity index (χ0n) is 10.1.